The lowest BCUT2D eigenvalue weighted by Gasteiger charge is -2.09. The molecule has 1 rings (SSSR count). The van der Waals surface area contributed by atoms with Crippen LogP contribution in [0.1, 0.15) is 12.2 Å². The Morgan fingerprint density at radius 2 is 2.40 bits per heavy atom. The minimum Gasteiger partial charge on any atom is -0.467 e. The highest BCUT2D eigenvalue weighted by Crippen LogP contribution is 1.97. The van der Waals surface area contributed by atoms with Crippen LogP contribution in [0.3, 0.4) is 0 Å². The molecular formula is C10H16FN3O. The number of nitrogens with one attached hydrogen (secondary N) is 2. The monoisotopic (exact) mass is 213 g/mol. The molecule has 0 aliphatic carbocycles. The summed E-state index contributed by atoms with van der Waals surface area (Å²) < 4.78 is 17.0. The lowest BCUT2D eigenvalue weighted by molar-refractivity contribution is 0.469. The van der Waals surface area contributed by atoms with Gasteiger partial charge < -0.3 is 15.1 Å². The Balaban J connectivity index is 2.23. The third-order valence-electron chi connectivity index (χ3n) is 1.84. The first-order valence-corrected chi connectivity index (χ1v) is 4.89. The van der Waals surface area contributed by atoms with Crippen molar-refractivity contribution in [2.75, 3.05) is 20.3 Å². The Labute approximate surface area is 88.6 Å². The highest BCUT2D eigenvalue weighted by molar-refractivity contribution is 5.79. The van der Waals surface area contributed by atoms with Crippen LogP contribution in [-0.2, 0) is 6.54 Å². The van der Waals surface area contributed by atoms with Crippen LogP contribution in [-0.4, -0.2) is 26.2 Å². The van der Waals surface area contributed by atoms with Crippen LogP contribution >= 0.6 is 0 Å². The van der Waals surface area contributed by atoms with Gasteiger partial charge in [0.2, 0.25) is 0 Å². The van der Waals surface area contributed by atoms with E-state index < -0.39 is 0 Å². The van der Waals surface area contributed by atoms with Gasteiger partial charge in [0.25, 0.3) is 0 Å². The van der Waals surface area contributed by atoms with E-state index in [1.54, 1.807) is 13.3 Å². The maximum atomic E-state index is 11.8. The molecule has 5 heteroatoms. The predicted molar refractivity (Wildman–Crippen MR) is 57.5 cm³/mol. The summed E-state index contributed by atoms with van der Waals surface area (Å²) in [6.45, 7) is 0.832. The van der Waals surface area contributed by atoms with Crippen LogP contribution in [0, 0.1) is 0 Å². The minimum absolute atomic E-state index is 0.317. The van der Waals surface area contributed by atoms with Crippen molar-refractivity contribution >= 4 is 5.96 Å². The molecule has 0 unspecified atom stereocenters. The normalized spacial score (nSPS) is 11.5. The van der Waals surface area contributed by atoms with Gasteiger partial charge in [0.05, 0.1) is 19.5 Å². The fourth-order valence-electron chi connectivity index (χ4n) is 1.08. The summed E-state index contributed by atoms with van der Waals surface area (Å²) in [4.78, 5) is 3.99. The molecule has 0 atom stereocenters. The first-order valence-electron chi connectivity index (χ1n) is 4.89. The molecule has 0 saturated heterocycles. The topological polar surface area (TPSA) is 49.6 Å². The van der Waals surface area contributed by atoms with Crippen molar-refractivity contribution in [3.63, 3.8) is 0 Å². The first-order chi connectivity index (χ1) is 7.36. The molecule has 0 aliphatic heterocycles. The minimum atomic E-state index is -0.317. The summed E-state index contributed by atoms with van der Waals surface area (Å²) in [5, 5.41) is 6.04. The molecule has 84 valence electrons. The number of guanidine groups is 1. The molecule has 0 spiro atoms. The van der Waals surface area contributed by atoms with Crippen molar-refractivity contribution in [1.29, 1.82) is 0 Å². The highest BCUT2D eigenvalue weighted by Gasteiger charge is 1.98. The van der Waals surface area contributed by atoms with Gasteiger partial charge in [-0.25, -0.2) is 0 Å². The van der Waals surface area contributed by atoms with Crippen molar-refractivity contribution in [2.45, 2.75) is 13.0 Å². The van der Waals surface area contributed by atoms with Gasteiger partial charge in [0.1, 0.15) is 5.76 Å². The Morgan fingerprint density at radius 3 is 3.00 bits per heavy atom. The Hall–Kier alpha value is -1.52. The molecule has 0 aromatic carbocycles. The average Bonchev–Trinajstić information content (AvgIpc) is 2.76. The number of hydrogen-bond acceptors (Lipinski definition) is 2. The summed E-state index contributed by atoms with van der Waals surface area (Å²) in [7, 11) is 1.67. The molecule has 0 bridgehead atoms. The van der Waals surface area contributed by atoms with E-state index in [-0.39, 0.29) is 6.67 Å². The standard InChI is InChI=1S/C10H16FN3O/c1-12-10(13-6-3-5-11)14-8-9-4-2-7-15-9/h2,4,7H,3,5-6,8H2,1H3,(H2,12,13,14). The molecule has 0 fully saturated rings. The van der Waals surface area contributed by atoms with E-state index in [0.29, 0.717) is 25.5 Å². The summed E-state index contributed by atoms with van der Waals surface area (Å²) in [6.07, 6.45) is 2.11. The predicted octanol–water partition coefficient (Wildman–Crippen LogP) is 1.30. The van der Waals surface area contributed by atoms with E-state index in [1.165, 1.54) is 0 Å². The number of hydrogen-bond donors (Lipinski definition) is 2. The Morgan fingerprint density at radius 1 is 1.53 bits per heavy atom. The summed E-state index contributed by atoms with van der Waals surface area (Å²) in [5.74, 6) is 1.49. The molecule has 2 N–H and O–H groups in total. The molecular weight excluding hydrogens is 197 g/mol. The number of halogens is 1. The van der Waals surface area contributed by atoms with E-state index in [1.807, 2.05) is 12.1 Å². The maximum absolute atomic E-state index is 11.8. The quantitative estimate of drug-likeness (QED) is 0.440. The van der Waals surface area contributed by atoms with Crippen LogP contribution in [0.2, 0.25) is 0 Å². The Bertz CT molecular complexity index is 285. The van der Waals surface area contributed by atoms with Crippen molar-refractivity contribution in [1.82, 2.24) is 10.6 Å². The molecule has 1 aromatic rings. The molecule has 15 heavy (non-hydrogen) atoms. The molecule has 1 aromatic heterocycles. The van der Waals surface area contributed by atoms with E-state index in [0.717, 1.165) is 5.76 Å². The summed E-state index contributed by atoms with van der Waals surface area (Å²) >= 11 is 0. The average molecular weight is 213 g/mol. The van der Waals surface area contributed by atoms with Crippen molar-refractivity contribution in [2.24, 2.45) is 4.99 Å². The highest BCUT2D eigenvalue weighted by atomic mass is 19.1. The van der Waals surface area contributed by atoms with E-state index >= 15 is 0 Å². The zero-order valence-electron chi connectivity index (χ0n) is 8.79. The van der Waals surface area contributed by atoms with Gasteiger partial charge in [0, 0.05) is 13.6 Å². The third kappa shape index (κ3) is 4.49. The second-order valence-corrected chi connectivity index (χ2v) is 2.97. The number of furan rings is 1. The largest absolute Gasteiger partial charge is 0.467 e. The second kappa shape index (κ2) is 6.86. The van der Waals surface area contributed by atoms with Gasteiger partial charge in [0.15, 0.2) is 5.96 Å². The first kappa shape index (κ1) is 11.6. The number of alkyl halides is 1. The smallest absolute Gasteiger partial charge is 0.191 e. The van der Waals surface area contributed by atoms with E-state index in [4.69, 9.17) is 4.42 Å². The van der Waals surface area contributed by atoms with Gasteiger partial charge in [-0.1, -0.05) is 0 Å². The van der Waals surface area contributed by atoms with Gasteiger partial charge in [-0.05, 0) is 18.6 Å². The Kier molecular flexibility index (Phi) is 5.29. The van der Waals surface area contributed by atoms with Crippen LogP contribution in [0.5, 0.6) is 0 Å². The third-order valence-corrected chi connectivity index (χ3v) is 1.84. The number of rotatable bonds is 5. The zero-order chi connectivity index (χ0) is 10.9. The molecule has 0 aliphatic rings. The van der Waals surface area contributed by atoms with Crippen LogP contribution in [0.4, 0.5) is 4.39 Å². The lowest BCUT2D eigenvalue weighted by atomic mass is 10.4. The zero-order valence-corrected chi connectivity index (χ0v) is 8.79. The molecule has 1 heterocycles. The van der Waals surface area contributed by atoms with Gasteiger partial charge in [-0.15, -0.1) is 0 Å². The second-order valence-electron chi connectivity index (χ2n) is 2.97. The van der Waals surface area contributed by atoms with Crippen molar-refractivity contribution < 1.29 is 8.81 Å². The fraction of sp³-hybridized carbons (Fsp3) is 0.500. The van der Waals surface area contributed by atoms with Crippen molar-refractivity contribution in [3.8, 4) is 0 Å². The van der Waals surface area contributed by atoms with E-state index in [2.05, 4.69) is 15.6 Å². The summed E-state index contributed by atoms with van der Waals surface area (Å²) in [5.41, 5.74) is 0. The van der Waals surface area contributed by atoms with Gasteiger partial charge in [-0.2, -0.15) is 0 Å². The number of nitrogens with zero attached hydrogens (tertiary/aromatic N) is 1. The molecule has 4 nitrogen and oxygen atoms in total. The molecule has 0 radical (unpaired) electrons. The van der Waals surface area contributed by atoms with Crippen molar-refractivity contribution in [3.05, 3.63) is 24.2 Å². The van der Waals surface area contributed by atoms with Crippen LogP contribution < -0.4 is 10.6 Å². The lowest BCUT2D eigenvalue weighted by Crippen LogP contribution is -2.37. The van der Waals surface area contributed by atoms with Gasteiger partial charge >= 0.3 is 0 Å². The van der Waals surface area contributed by atoms with Crippen LogP contribution in [0.15, 0.2) is 27.8 Å². The summed E-state index contributed by atoms with van der Waals surface area (Å²) in [6, 6.07) is 3.71. The SMILES string of the molecule is CN=C(NCCCF)NCc1ccco1. The van der Waals surface area contributed by atoms with Crippen LogP contribution in [0.25, 0.3) is 0 Å². The van der Waals surface area contributed by atoms with E-state index in [9.17, 15) is 4.39 Å². The molecule has 0 saturated carbocycles. The van der Waals surface area contributed by atoms with Gasteiger partial charge in [-0.3, -0.25) is 9.38 Å². The fourth-order valence-corrected chi connectivity index (χ4v) is 1.08. The maximum Gasteiger partial charge on any atom is 0.191 e. The molecule has 0 amide bonds. The number of aliphatic imine (C=N–C) groups is 1.